The lowest BCUT2D eigenvalue weighted by atomic mass is 10.2. The second kappa shape index (κ2) is 4.92. The third kappa shape index (κ3) is 2.07. The summed E-state index contributed by atoms with van der Waals surface area (Å²) in [6, 6.07) is 7.27. The summed E-state index contributed by atoms with van der Waals surface area (Å²) in [6.07, 6.45) is 0. The van der Waals surface area contributed by atoms with E-state index in [9.17, 15) is 4.79 Å². The van der Waals surface area contributed by atoms with E-state index in [-0.39, 0.29) is 5.69 Å². The van der Waals surface area contributed by atoms with Crippen LogP contribution in [-0.2, 0) is 0 Å². The Morgan fingerprint density at radius 2 is 2.00 bits per heavy atom. The number of fused-ring (bicyclic) bond motifs is 1. The van der Waals surface area contributed by atoms with Crippen molar-refractivity contribution in [2.24, 2.45) is 0 Å². The van der Waals surface area contributed by atoms with E-state index in [0.717, 1.165) is 24.2 Å². The molecule has 4 heteroatoms. The Kier molecular flexibility index (Phi) is 3.33. The summed E-state index contributed by atoms with van der Waals surface area (Å²) in [5.41, 5.74) is 0.996. The predicted molar refractivity (Wildman–Crippen MR) is 72.3 cm³/mol. The van der Waals surface area contributed by atoms with Gasteiger partial charge in [0.15, 0.2) is 0 Å². The van der Waals surface area contributed by atoms with E-state index in [4.69, 9.17) is 11.0 Å². The molecule has 18 heavy (non-hydrogen) atoms. The molecule has 0 aliphatic rings. The first-order valence-corrected chi connectivity index (χ1v) is 5.90. The van der Waals surface area contributed by atoms with Crippen LogP contribution >= 0.6 is 0 Å². The molecule has 1 aromatic heterocycles. The van der Waals surface area contributed by atoms with Crippen molar-refractivity contribution in [1.82, 2.24) is 0 Å². The summed E-state index contributed by atoms with van der Waals surface area (Å²) in [6.45, 7) is 12.8. The number of nitrogens with zero attached hydrogens (tertiary/aromatic N) is 2. The third-order valence-corrected chi connectivity index (χ3v) is 2.95. The number of rotatable bonds is 3. The molecule has 0 aliphatic heterocycles. The normalized spacial score (nSPS) is 10.3. The lowest BCUT2D eigenvalue weighted by molar-refractivity contribution is 0.565. The molecule has 0 saturated heterocycles. The summed E-state index contributed by atoms with van der Waals surface area (Å²) >= 11 is 0. The topological polar surface area (TPSA) is 37.8 Å². The van der Waals surface area contributed by atoms with Gasteiger partial charge in [0, 0.05) is 30.2 Å². The fraction of sp³-hybridized carbons (Fsp3) is 0.286. The first-order valence-electron chi connectivity index (χ1n) is 5.90. The van der Waals surface area contributed by atoms with E-state index >= 15 is 0 Å². The maximum atomic E-state index is 11.5. The molecule has 0 N–H and O–H groups in total. The maximum absolute atomic E-state index is 11.5. The Labute approximate surface area is 105 Å². The Hall–Kier alpha value is -2.28. The molecule has 0 unspecified atom stereocenters. The van der Waals surface area contributed by atoms with Crippen LogP contribution in [0.25, 0.3) is 15.8 Å². The monoisotopic (exact) mass is 242 g/mol. The van der Waals surface area contributed by atoms with Gasteiger partial charge in [-0.1, -0.05) is 6.07 Å². The molecule has 0 saturated carbocycles. The van der Waals surface area contributed by atoms with Gasteiger partial charge >= 0.3 is 5.63 Å². The second-order valence-corrected chi connectivity index (χ2v) is 3.93. The average molecular weight is 242 g/mol. The van der Waals surface area contributed by atoms with Crippen LogP contribution in [0.1, 0.15) is 13.8 Å². The van der Waals surface area contributed by atoms with Crippen molar-refractivity contribution in [3.63, 3.8) is 0 Å². The average Bonchev–Trinajstić information content (AvgIpc) is 2.39. The number of benzene rings is 1. The van der Waals surface area contributed by atoms with Crippen molar-refractivity contribution >= 4 is 22.3 Å². The molecule has 0 atom stereocenters. The van der Waals surface area contributed by atoms with Crippen LogP contribution in [0.4, 0.5) is 11.4 Å². The van der Waals surface area contributed by atoms with E-state index in [1.54, 1.807) is 6.07 Å². The van der Waals surface area contributed by atoms with Crippen LogP contribution in [0.2, 0.25) is 0 Å². The van der Waals surface area contributed by atoms with E-state index in [2.05, 4.69) is 23.6 Å². The minimum Gasteiger partial charge on any atom is -0.431 e. The maximum Gasteiger partial charge on any atom is 0.341 e. The van der Waals surface area contributed by atoms with Gasteiger partial charge in [0.1, 0.15) is 5.58 Å². The molecule has 0 radical (unpaired) electrons. The number of hydrogen-bond acceptors (Lipinski definition) is 3. The molecule has 1 heterocycles. The van der Waals surface area contributed by atoms with Gasteiger partial charge in [-0.2, -0.15) is 0 Å². The first-order chi connectivity index (χ1) is 8.69. The summed E-state index contributed by atoms with van der Waals surface area (Å²) in [5.74, 6) is 0. The zero-order chi connectivity index (χ0) is 13.1. The summed E-state index contributed by atoms with van der Waals surface area (Å²) in [7, 11) is 0. The summed E-state index contributed by atoms with van der Waals surface area (Å²) < 4.78 is 5.17. The van der Waals surface area contributed by atoms with Crippen LogP contribution in [0.3, 0.4) is 0 Å². The van der Waals surface area contributed by atoms with Crippen molar-refractivity contribution < 1.29 is 4.42 Å². The SMILES string of the molecule is [C-]#[N+]c1cc2ccc(N(CC)CC)cc2oc1=O. The van der Waals surface area contributed by atoms with Gasteiger partial charge in [-0.05, 0) is 26.0 Å². The van der Waals surface area contributed by atoms with E-state index in [1.807, 2.05) is 18.2 Å². The molecule has 1 aromatic carbocycles. The number of anilines is 1. The minimum atomic E-state index is -0.575. The van der Waals surface area contributed by atoms with Gasteiger partial charge in [0.05, 0.1) is 6.57 Å². The molecule has 0 fully saturated rings. The quantitative estimate of drug-likeness (QED) is 0.612. The Morgan fingerprint density at radius 3 is 2.61 bits per heavy atom. The Bertz CT molecular complexity index is 664. The Morgan fingerprint density at radius 1 is 1.28 bits per heavy atom. The van der Waals surface area contributed by atoms with Crippen molar-refractivity contribution in [1.29, 1.82) is 0 Å². The van der Waals surface area contributed by atoms with Gasteiger partial charge in [-0.3, -0.25) is 4.79 Å². The highest BCUT2D eigenvalue weighted by atomic mass is 16.4. The molecule has 0 spiro atoms. The van der Waals surface area contributed by atoms with Crippen molar-refractivity contribution in [2.75, 3.05) is 18.0 Å². The van der Waals surface area contributed by atoms with Crippen molar-refractivity contribution in [3.05, 3.63) is 46.1 Å². The van der Waals surface area contributed by atoms with E-state index in [1.165, 1.54) is 0 Å². The standard InChI is InChI=1S/C14H14N2O2/c1-4-16(5-2)11-7-6-10-8-12(15-3)14(17)18-13(10)9-11/h6-9H,4-5H2,1-2H3. The minimum absolute atomic E-state index is 0.0260. The number of hydrogen-bond donors (Lipinski definition) is 0. The van der Waals surface area contributed by atoms with Crippen LogP contribution in [0, 0.1) is 6.57 Å². The lowest BCUT2D eigenvalue weighted by Crippen LogP contribution is -2.21. The van der Waals surface area contributed by atoms with Crippen LogP contribution in [0.5, 0.6) is 0 Å². The molecule has 0 bridgehead atoms. The van der Waals surface area contributed by atoms with Gasteiger partial charge in [0.25, 0.3) is 5.69 Å². The molecule has 2 aromatic rings. The second-order valence-electron chi connectivity index (χ2n) is 3.93. The zero-order valence-corrected chi connectivity index (χ0v) is 10.4. The van der Waals surface area contributed by atoms with Gasteiger partial charge < -0.3 is 9.32 Å². The molecule has 0 amide bonds. The third-order valence-electron chi connectivity index (χ3n) is 2.95. The highest BCUT2D eigenvalue weighted by Gasteiger charge is 2.07. The van der Waals surface area contributed by atoms with Crippen LogP contribution in [0.15, 0.2) is 33.5 Å². The molecule has 92 valence electrons. The zero-order valence-electron chi connectivity index (χ0n) is 10.4. The van der Waals surface area contributed by atoms with Crippen LogP contribution in [-0.4, -0.2) is 13.1 Å². The summed E-state index contributed by atoms with van der Waals surface area (Å²) in [4.78, 5) is 16.8. The smallest absolute Gasteiger partial charge is 0.341 e. The van der Waals surface area contributed by atoms with E-state index < -0.39 is 5.63 Å². The van der Waals surface area contributed by atoms with Gasteiger partial charge in [-0.25, -0.2) is 4.85 Å². The van der Waals surface area contributed by atoms with Gasteiger partial charge in [-0.15, -0.1) is 0 Å². The highest BCUT2D eigenvalue weighted by Crippen LogP contribution is 2.23. The highest BCUT2D eigenvalue weighted by molar-refractivity contribution is 5.83. The molecule has 2 rings (SSSR count). The van der Waals surface area contributed by atoms with Crippen molar-refractivity contribution in [2.45, 2.75) is 13.8 Å². The fourth-order valence-corrected chi connectivity index (χ4v) is 1.95. The molecule has 4 nitrogen and oxygen atoms in total. The van der Waals surface area contributed by atoms with Crippen LogP contribution < -0.4 is 10.5 Å². The predicted octanol–water partition coefficient (Wildman–Crippen LogP) is 3.19. The van der Waals surface area contributed by atoms with E-state index in [0.29, 0.717) is 5.58 Å². The Balaban J connectivity index is 2.59. The van der Waals surface area contributed by atoms with Gasteiger partial charge in [0.2, 0.25) is 0 Å². The summed E-state index contributed by atoms with van der Waals surface area (Å²) in [5, 5.41) is 0.775. The van der Waals surface area contributed by atoms with Crippen molar-refractivity contribution in [3.8, 4) is 0 Å². The molecular weight excluding hydrogens is 228 g/mol. The first kappa shape index (κ1) is 12.2. The lowest BCUT2D eigenvalue weighted by Gasteiger charge is -2.20. The molecule has 0 aliphatic carbocycles. The fourth-order valence-electron chi connectivity index (χ4n) is 1.95. The largest absolute Gasteiger partial charge is 0.431 e. The molecular formula is C14H14N2O2.